The smallest absolute Gasteiger partial charge is 0.288 e. The fourth-order valence-electron chi connectivity index (χ4n) is 2.55. The Bertz CT molecular complexity index is 367. The van der Waals surface area contributed by atoms with Gasteiger partial charge in [0.1, 0.15) is 0 Å². The van der Waals surface area contributed by atoms with Crippen molar-refractivity contribution < 1.29 is 8.78 Å². The third-order valence-electron chi connectivity index (χ3n) is 3.57. The van der Waals surface area contributed by atoms with E-state index in [2.05, 4.69) is 12.2 Å². The summed E-state index contributed by atoms with van der Waals surface area (Å²) in [5.74, 6) is -1.50. The van der Waals surface area contributed by atoms with E-state index in [9.17, 15) is 8.78 Å². The second-order valence-corrected chi connectivity index (χ2v) is 5.89. The summed E-state index contributed by atoms with van der Waals surface area (Å²) >= 11 is 0.593. The molecule has 0 aromatic heterocycles. The van der Waals surface area contributed by atoms with E-state index in [-0.39, 0.29) is 0 Å². The zero-order chi connectivity index (χ0) is 13.0. The molecule has 1 aromatic carbocycles. The molecule has 2 rings (SSSR count). The van der Waals surface area contributed by atoms with E-state index in [1.165, 1.54) is 25.7 Å². The highest BCUT2D eigenvalue weighted by Crippen LogP contribution is 2.31. The predicted octanol–water partition coefficient (Wildman–Crippen LogP) is 4.99. The molecule has 0 saturated heterocycles. The Morgan fingerprint density at radius 1 is 1.28 bits per heavy atom. The molecule has 1 fully saturated rings. The first-order chi connectivity index (χ1) is 8.67. The van der Waals surface area contributed by atoms with Crippen molar-refractivity contribution in [2.24, 2.45) is 5.92 Å². The van der Waals surface area contributed by atoms with Gasteiger partial charge in [0, 0.05) is 16.6 Å². The van der Waals surface area contributed by atoms with Gasteiger partial charge in [-0.25, -0.2) is 0 Å². The maximum absolute atomic E-state index is 12.2. The van der Waals surface area contributed by atoms with Gasteiger partial charge in [0.15, 0.2) is 0 Å². The zero-order valence-corrected chi connectivity index (χ0v) is 11.4. The summed E-state index contributed by atoms with van der Waals surface area (Å²) < 4.78 is 24.4. The first-order valence-corrected chi connectivity index (χ1v) is 7.36. The Hall–Kier alpha value is -0.770. The number of benzene rings is 1. The van der Waals surface area contributed by atoms with E-state index in [0.717, 1.165) is 11.6 Å². The van der Waals surface area contributed by atoms with Crippen molar-refractivity contribution in [3.63, 3.8) is 0 Å². The number of rotatable bonds is 5. The molecule has 0 bridgehead atoms. The van der Waals surface area contributed by atoms with Crippen LogP contribution in [0.5, 0.6) is 0 Å². The Kier molecular flexibility index (Phi) is 4.87. The number of thioether (sulfide) groups is 1. The highest BCUT2D eigenvalue weighted by atomic mass is 32.2. The van der Waals surface area contributed by atoms with Crippen LogP contribution in [-0.2, 0) is 0 Å². The standard InChI is InChI=1S/C14H19F2NS/c1-2-10-3-4-12(9-10)17-11-5-7-13(8-6-11)18-14(15)16/h5-8,10,12,14,17H,2-4,9H2,1H3. The molecule has 2 atom stereocenters. The van der Waals surface area contributed by atoms with Gasteiger partial charge in [-0.1, -0.05) is 25.1 Å². The number of alkyl halides is 2. The first-order valence-electron chi connectivity index (χ1n) is 6.48. The van der Waals surface area contributed by atoms with E-state index in [0.29, 0.717) is 22.7 Å². The third kappa shape index (κ3) is 3.87. The molecular weight excluding hydrogens is 252 g/mol. The lowest BCUT2D eigenvalue weighted by molar-refractivity contribution is 0.252. The molecule has 1 aliphatic carbocycles. The van der Waals surface area contributed by atoms with Gasteiger partial charge in [0.05, 0.1) is 0 Å². The monoisotopic (exact) mass is 271 g/mol. The third-order valence-corrected chi connectivity index (χ3v) is 4.29. The summed E-state index contributed by atoms with van der Waals surface area (Å²) in [5, 5.41) is 3.49. The largest absolute Gasteiger partial charge is 0.382 e. The lowest BCUT2D eigenvalue weighted by atomic mass is 10.1. The van der Waals surface area contributed by atoms with Gasteiger partial charge in [0.2, 0.25) is 0 Å². The summed E-state index contributed by atoms with van der Waals surface area (Å²) in [7, 11) is 0. The molecule has 0 heterocycles. The number of anilines is 1. The van der Waals surface area contributed by atoms with Crippen LogP contribution in [0, 0.1) is 5.92 Å². The maximum atomic E-state index is 12.2. The minimum atomic E-state index is -2.34. The van der Waals surface area contributed by atoms with E-state index >= 15 is 0 Å². The normalized spacial score (nSPS) is 23.6. The molecule has 1 aromatic rings. The molecule has 0 amide bonds. The molecule has 1 saturated carbocycles. The summed E-state index contributed by atoms with van der Waals surface area (Å²) in [6, 6.07) is 7.84. The van der Waals surface area contributed by atoms with Crippen LogP contribution < -0.4 is 5.32 Å². The fraction of sp³-hybridized carbons (Fsp3) is 0.571. The maximum Gasteiger partial charge on any atom is 0.288 e. The van der Waals surface area contributed by atoms with E-state index < -0.39 is 5.76 Å². The second-order valence-electron chi connectivity index (χ2n) is 4.83. The van der Waals surface area contributed by atoms with Crippen LogP contribution >= 0.6 is 11.8 Å². The predicted molar refractivity (Wildman–Crippen MR) is 73.3 cm³/mol. The number of hydrogen-bond acceptors (Lipinski definition) is 2. The Labute approximate surface area is 111 Å². The van der Waals surface area contributed by atoms with Crippen LogP contribution in [-0.4, -0.2) is 11.8 Å². The average Bonchev–Trinajstić information content (AvgIpc) is 2.79. The van der Waals surface area contributed by atoms with Crippen molar-refractivity contribution >= 4 is 17.4 Å². The van der Waals surface area contributed by atoms with Gasteiger partial charge in [-0.05, 0) is 49.4 Å². The van der Waals surface area contributed by atoms with Crippen LogP contribution in [0.3, 0.4) is 0 Å². The minimum absolute atomic E-state index is 0.545. The minimum Gasteiger partial charge on any atom is -0.382 e. The van der Waals surface area contributed by atoms with Gasteiger partial charge in [-0.15, -0.1) is 0 Å². The molecule has 18 heavy (non-hydrogen) atoms. The molecule has 2 unspecified atom stereocenters. The summed E-state index contributed by atoms with van der Waals surface area (Å²) in [5.41, 5.74) is 1.04. The molecule has 1 N–H and O–H groups in total. The van der Waals surface area contributed by atoms with Crippen molar-refractivity contribution in [1.82, 2.24) is 0 Å². The van der Waals surface area contributed by atoms with Crippen LogP contribution in [0.15, 0.2) is 29.2 Å². The van der Waals surface area contributed by atoms with Gasteiger partial charge in [-0.3, -0.25) is 0 Å². The van der Waals surface area contributed by atoms with E-state index in [1.54, 1.807) is 12.1 Å². The Morgan fingerprint density at radius 3 is 2.56 bits per heavy atom. The Morgan fingerprint density at radius 2 is 2.00 bits per heavy atom. The van der Waals surface area contributed by atoms with Crippen LogP contribution in [0.2, 0.25) is 0 Å². The van der Waals surface area contributed by atoms with Crippen molar-refractivity contribution in [3.8, 4) is 0 Å². The van der Waals surface area contributed by atoms with Gasteiger partial charge >= 0.3 is 0 Å². The SMILES string of the molecule is CCC1CCC(Nc2ccc(SC(F)F)cc2)C1. The van der Waals surface area contributed by atoms with E-state index in [1.807, 2.05) is 12.1 Å². The number of nitrogens with one attached hydrogen (secondary N) is 1. The van der Waals surface area contributed by atoms with E-state index in [4.69, 9.17) is 0 Å². The molecular formula is C14H19F2NS. The topological polar surface area (TPSA) is 12.0 Å². The highest BCUT2D eigenvalue weighted by molar-refractivity contribution is 7.99. The lowest BCUT2D eigenvalue weighted by Gasteiger charge is -2.14. The summed E-state index contributed by atoms with van der Waals surface area (Å²) in [6.45, 7) is 2.24. The quantitative estimate of drug-likeness (QED) is 0.757. The van der Waals surface area contributed by atoms with Crippen LogP contribution in [0.1, 0.15) is 32.6 Å². The average molecular weight is 271 g/mol. The molecule has 0 radical (unpaired) electrons. The van der Waals surface area contributed by atoms with Gasteiger partial charge in [-0.2, -0.15) is 8.78 Å². The highest BCUT2D eigenvalue weighted by Gasteiger charge is 2.22. The first kappa shape index (κ1) is 13.7. The molecule has 1 aliphatic rings. The zero-order valence-electron chi connectivity index (χ0n) is 10.5. The summed E-state index contributed by atoms with van der Waals surface area (Å²) in [4.78, 5) is 0.619. The van der Waals surface area contributed by atoms with Gasteiger partial charge < -0.3 is 5.32 Å². The molecule has 4 heteroatoms. The molecule has 1 nitrogen and oxygen atoms in total. The van der Waals surface area contributed by atoms with Crippen LogP contribution in [0.25, 0.3) is 0 Å². The number of halogens is 2. The summed E-state index contributed by atoms with van der Waals surface area (Å²) in [6.07, 6.45) is 4.99. The number of hydrogen-bond donors (Lipinski definition) is 1. The molecule has 0 spiro atoms. The van der Waals surface area contributed by atoms with Gasteiger partial charge in [0.25, 0.3) is 5.76 Å². The second kappa shape index (κ2) is 6.41. The van der Waals surface area contributed by atoms with Crippen LogP contribution in [0.4, 0.5) is 14.5 Å². The van der Waals surface area contributed by atoms with Crippen molar-refractivity contribution in [2.45, 2.75) is 49.3 Å². The molecule has 0 aliphatic heterocycles. The fourth-order valence-corrected chi connectivity index (χ4v) is 3.04. The lowest BCUT2D eigenvalue weighted by Crippen LogP contribution is -2.15. The molecule has 100 valence electrons. The van der Waals surface area contributed by atoms with Crippen molar-refractivity contribution in [1.29, 1.82) is 0 Å². The van der Waals surface area contributed by atoms with Crippen molar-refractivity contribution in [2.75, 3.05) is 5.32 Å². The Balaban J connectivity index is 1.87. The van der Waals surface area contributed by atoms with Crippen molar-refractivity contribution in [3.05, 3.63) is 24.3 Å².